The van der Waals surface area contributed by atoms with Gasteiger partial charge in [-0.25, -0.2) is 9.69 Å². The minimum absolute atomic E-state index is 0.233. The Morgan fingerprint density at radius 3 is 2.53 bits per heavy atom. The summed E-state index contributed by atoms with van der Waals surface area (Å²) in [6, 6.07) is 15.6. The van der Waals surface area contributed by atoms with Gasteiger partial charge in [0.25, 0.3) is 17.7 Å². The molecule has 0 aromatic heterocycles. The van der Waals surface area contributed by atoms with Gasteiger partial charge in [0, 0.05) is 10.7 Å². The highest BCUT2D eigenvalue weighted by Crippen LogP contribution is 2.31. The van der Waals surface area contributed by atoms with E-state index in [9.17, 15) is 19.2 Å². The van der Waals surface area contributed by atoms with Crippen LogP contribution < -0.4 is 25.0 Å². The summed E-state index contributed by atoms with van der Waals surface area (Å²) in [6.45, 7) is 1.42. The molecule has 194 valence electrons. The van der Waals surface area contributed by atoms with Crippen LogP contribution in [0.1, 0.15) is 11.1 Å². The third-order valence-corrected chi connectivity index (χ3v) is 6.61. The Morgan fingerprint density at radius 2 is 1.84 bits per heavy atom. The Hall–Kier alpha value is -4.15. The van der Waals surface area contributed by atoms with Gasteiger partial charge in [0.2, 0.25) is 0 Å². The van der Waals surface area contributed by atoms with E-state index in [0.717, 1.165) is 4.90 Å². The van der Waals surface area contributed by atoms with E-state index >= 15 is 0 Å². The molecule has 1 aliphatic rings. The molecule has 1 fully saturated rings. The average molecular weight is 599 g/mol. The quantitative estimate of drug-likeness (QED) is 0.289. The van der Waals surface area contributed by atoms with Crippen molar-refractivity contribution in [2.75, 3.05) is 23.9 Å². The highest BCUT2D eigenvalue weighted by Gasteiger charge is 2.37. The van der Waals surface area contributed by atoms with E-state index in [-0.39, 0.29) is 23.8 Å². The van der Waals surface area contributed by atoms with E-state index in [1.54, 1.807) is 74.7 Å². The normalized spacial score (nSPS) is 14.4. The third-order valence-electron chi connectivity index (χ3n) is 5.58. The number of halogens is 2. The van der Waals surface area contributed by atoms with E-state index in [1.165, 1.54) is 6.08 Å². The Morgan fingerprint density at radius 1 is 1.11 bits per heavy atom. The number of amides is 5. The van der Waals surface area contributed by atoms with Gasteiger partial charge < -0.3 is 14.8 Å². The minimum Gasteiger partial charge on any atom is -0.497 e. The fraction of sp³-hybridized carbons (Fsp3) is 0.111. The van der Waals surface area contributed by atoms with Gasteiger partial charge in [-0.1, -0.05) is 23.7 Å². The van der Waals surface area contributed by atoms with Crippen LogP contribution in [-0.4, -0.2) is 37.5 Å². The Bertz CT molecular complexity index is 1470. The molecule has 0 radical (unpaired) electrons. The zero-order valence-electron chi connectivity index (χ0n) is 20.2. The van der Waals surface area contributed by atoms with Crippen LogP contribution in [0.15, 0.2) is 70.7 Å². The van der Waals surface area contributed by atoms with Gasteiger partial charge >= 0.3 is 6.03 Å². The fourth-order valence-corrected chi connectivity index (χ4v) is 4.30. The maximum Gasteiger partial charge on any atom is 0.335 e. The van der Waals surface area contributed by atoms with E-state index in [0.29, 0.717) is 37.8 Å². The number of imide groups is 2. The van der Waals surface area contributed by atoms with E-state index in [2.05, 4.69) is 26.6 Å². The Kier molecular flexibility index (Phi) is 8.13. The molecule has 2 N–H and O–H groups in total. The molecule has 3 aromatic rings. The number of benzene rings is 3. The molecule has 0 spiro atoms. The molecule has 0 bridgehead atoms. The number of ether oxygens (including phenoxy) is 2. The van der Waals surface area contributed by atoms with Gasteiger partial charge in [0.15, 0.2) is 6.61 Å². The minimum atomic E-state index is -0.861. The van der Waals surface area contributed by atoms with Gasteiger partial charge in [0.1, 0.15) is 17.1 Å². The molecule has 38 heavy (non-hydrogen) atoms. The van der Waals surface area contributed by atoms with Gasteiger partial charge in [-0.15, -0.1) is 0 Å². The standard InChI is InChI=1S/C27H21BrClN3O6/c1-15-21(29)4-3-5-22(15)32-26(35)19(25(34)31-27(32)36)12-16-6-11-23(20(28)13-16)38-14-24(33)30-17-7-9-18(37-2)10-8-17/h3-13H,14H2,1-2H3,(H,30,33)(H,31,34,36)/b19-12-. The first-order valence-corrected chi connectivity index (χ1v) is 12.4. The Labute approximate surface area is 231 Å². The number of hydrogen-bond donors (Lipinski definition) is 2. The van der Waals surface area contributed by atoms with Crippen LogP contribution in [0.25, 0.3) is 6.08 Å². The van der Waals surface area contributed by atoms with Crippen molar-refractivity contribution in [3.63, 3.8) is 0 Å². The zero-order valence-corrected chi connectivity index (χ0v) is 22.6. The molecule has 5 amide bonds. The summed E-state index contributed by atoms with van der Waals surface area (Å²) in [5.41, 5.74) is 1.64. The topological polar surface area (TPSA) is 114 Å². The lowest BCUT2D eigenvalue weighted by Gasteiger charge is -2.27. The molecule has 1 aliphatic heterocycles. The number of nitrogens with zero attached hydrogens (tertiary/aromatic N) is 1. The first kappa shape index (κ1) is 26.9. The smallest absolute Gasteiger partial charge is 0.335 e. The van der Waals surface area contributed by atoms with Gasteiger partial charge in [0.05, 0.1) is 17.3 Å². The monoisotopic (exact) mass is 597 g/mol. The molecule has 9 nitrogen and oxygen atoms in total. The van der Waals surface area contributed by atoms with Crippen molar-refractivity contribution in [3.8, 4) is 11.5 Å². The van der Waals surface area contributed by atoms with E-state index < -0.39 is 17.8 Å². The van der Waals surface area contributed by atoms with Crippen molar-refractivity contribution in [1.82, 2.24) is 5.32 Å². The maximum atomic E-state index is 13.2. The lowest BCUT2D eigenvalue weighted by molar-refractivity contribution is -0.122. The maximum absolute atomic E-state index is 13.2. The van der Waals surface area contributed by atoms with E-state index in [1.807, 2.05) is 0 Å². The number of carbonyl (C=O) groups excluding carboxylic acids is 4. The molecule has 4 rings (SSSR count). The predicted octanol–water partition coefficient (Wildman–Crippen LogP) is 5.10. The van der Waals surface area contributed by atoms with Crippen molar-refractivity contribution in [2.45, 2.75) is 6.92 Å². The lowest BCUT2D eigenvalue weighted by Crippen LogP contribution is -2.54. The second-order valence-electron chi connectivity index (χ2n) is 8.10. The number of methoxy groups -OCH3 is 1. The second kappa shape index (κ2) is 11.5. The number of barbiturate groups is 1. The third kappa shape index (κ3) is 5.87. The highest BCUT2D eigenvalue weighted by molar-refractivity contribution is 9.10. The van der Waals surface area contributed by atoms with Gasteiger partial charge in [-0.2, -0.15) is 0 Å². The first-order chi connectivity index (χ1) is 18.2. The van der Waals surface area contributed by atoms with Crippen molar-refractivity contribution in [1.29, 1.82) is 0 Å². The summed E-state index contributed by atoms with van der Waals surface area (Å²) < 4.78 is 11.2. The molecular weight excluding hydrogens is 578 g/mol. The van der Waals surface area contributed by atoms with Crippen molar-refractivity contribution >= 4 is 68.7 Å². The largest absolute Gasteiger partial charge is 0.497 e. The summed E-state index contributed by atoms with van der Waals surface area (Å²) in [4.78, 5) is 51.3. The SMILES string of the molecule is COc1ccc(NC(=O)COc2ccc(/C=C3/C(=O)NC(=O)N(c4cccc(Cl)c4C)C3=O)cc2Br)cc1. The molecule has 0 atom stereocenters. The van der Waals surface area contributed by atoms with Crippen LogP contribution in [0.2, 0.25) is 5.02 Å². The highest BCUT2D eigenvalue weighted by atomic mass is 79.9. The van der Waals surface area contributed by atoms with Crippen molar-refractivity contribution in [3.05, 3.63) is 86.9 Å². The molecular formula is C27H21BrClN3O6. The predicted molar refractivity (Wildman–Crippen MR) is 146 cm³/mol. The molecule has 0 aliphatic carbocycles. The van der Waals surface area contributed by atoms with Crippen molar-refractivity contribution in [2.24, 2.45) is 0 Å². The van der Waals surface area contributed by atoms with Crippen LogP contribution in [0.5, 0.6) is 11.5 Å². The van der Waals surface area contributed by atoms with Crippen LogP contribution in [-0.2, 0) is 14.4 Å². The molecule has 0 saturated carbocycles. The number of hydrogen-bond acceptors (Lipinski definition) is 6. The second-order valence-corrected chi connectivity index (χ2v) is 9.36. The fourth-order valence-electron chi connectivity index (χ4n) is 3.62. The van der Waals surface area contributed by atoms with Crippen LogP contribution in [0.4, 0.5) is 16.2 Å². The van der Waals surface area contributed by atoms with Gasteiger partial charge in [-0.05, 0) is 88.6 Å². The number of anilines is 2. The molecule has 1 saturated heterocycles. The molecule has 0 unspecified atom stereocenters. The summed E-state index contributed by atoms with van der Waals surface area (Å²) in [5, 5.41) is 5.29. The molecule has 11 heteroatoms. The number of urea groups is 1. The first-order valence-electron chi connectivity index (χ1n) is 11.2. The van der Waals surface area contributed by atoms with Crippen LogP contribution in [0.3, 0.4) is 0 Å². The van der Waals surface area contributed by atoms with Gasteiger partial charge in [-0.3, -0.25) is 19.7 Å². The molecule has 1 heterocycles. The number of carbonyl (C=O) groups is 4. The van der Waals surface area contributed by atoms with Crippen LogP contribution in [0, 0.1) is 6.92 Å². The number of nitrogens with one attached hydrogen (secondary N) is 2. The van der Waals surface area contributed by atoms with Crippen molar-refractivity contribution < 1.29 is 28.7 Å². The van der Waals surface area contributed by atoms with E-state index in [4.69, 9.17) is 21.1 Å². The molecule has 3 aromatic carbocycles. The summed E-state index contributed by atoms with van der Waals surface area (Å²) in [7, 11) is 1.56. The zero-order chi connectivity index (χ0) is 27.4. The summed E-state index contributed by atoms with van der Waals surface area (Å²) >= 11 is 9.54. The number of rotatable bonds is 7. The summed E-state index contributed by atoms with van der Waals surface area (Å²) in [5.74, 6) is -0.913. The average Bonchev–Trinajstić information content (AvgIpc) is 2.89. The lowest BCUT2D eigenvalue weighted by atomic mass is 10.1. The summed E-state index contributed by atoms with van der Waals surface area (Å²) in [6.07, 6.45) is 1.36. The Balaban J connectivity index is 1.47. The van der Waals surface area contributed by atoms with Crippen LogP contribution >= 0.6 is 27.5 Å².